The minimum absolute atomic E-state index is 0.0639. The molecular formula is C9H13N5O. The van der Waals surface area contributed by atoms with E-state index in [4.69, 9.17) is 5.73 Å². The van der Waals surface area contributed by atoms with Crippen LogP contribution in [0.5, 0.6) is 0 Å². The molecule has 0 saturated carbocycles. The monoisotopic (exact) mass is 207 g/mol. The highest BCUT2D eigenvalue weighted by molar-refractivity contribution is 5.85. The van der Waals surface area contributed by atoms with Gasteiger partial charge in [0.05, 0.1) is 0 Å². The molecule has 80 valence electrons. The molecule has 2 aromatic rings. The number of hydrogen-bond acceptors (Lipinski definition) is 4. The molecule has 2 rings (SSSR count). The van der Waals surface area contributed by atoms with E-state index < -0.39 is 0 Å². The van der Waals surface area contributed by atoms with E-state index >= 15 is 0 Å². The van der Waals surface area contributed by atoms with Crippen LogP contribution in [0.4, 0.5) is 5.82 Å². The second kappa shape index (κ2) is 3.08. The summed E-state index contributed by atoms with van der Waals surface area (Å²) < 4.78 is 3.05. The van der Waals surface area contributed by atoms with Crippen LogP contribution in [0.25, 0.3) is 11.0 Å². The number of nitrogen functional groups attached to an aromatic ring is 1. The van der Waals surface area contributed by atoms with Crippen molar-refractivity contribution in [3.8, 4) is 0 Å². The summed E-state index contributed by atoms with van der Waals surface area (Å²) in [4.78, 5) is 16.2. The zero-order chi connectivity index (χ0) is 11.2. The highest BCUT2D eigenvalue weighted by atomic mass is 16.1. The van der Waals surface area contributed by atoms with Crippen LogP contribution >= 0.6 is 0 Å². The van der Waals surface area contributed by atoms with Gasteiger partial charge in [-0.25, -0.2) is 9.67 Å². The van der Waals surface area contributed by atoms with Crippen molar-refractivity contribution in [3.05, 3.63) is 16.7 Å². The molecular weight excluding hydrogens is 194 g/mol. The molecule has 6 heteroatoms. The fraction of sp³-hybridized carbons (Fsp3) is 0.444. The van der Waals surface area contributed by atoms with E-state index in [1.807, 2.05) is 13.8 Å². The van der Waals surface area contributed by atoms with Gasteiger partial charge in [0.2, 0.25) is 0 Å². The summed E-state index contributed by atoms with van der Waals surface area (Å²) >= 11 is 0. The Hall–Kier alpha value is -1.85. The average molecular weight is 207 g/mol. The van der Waals surface area contributed by atoms with Gasteiger partial charge < -0.3 is 5.73 Å². The first-order valence-corrected chi connectivity index (χ1v) is 4.71. The molecule has 0 unspecified atom stereocenters. The van der Waals surface area contributed by atoms with E-state index in [1.165, 1.54) is 11.0 Å². The van der Waals surface area contributed by atoms with E-state index in [2.05, 4.69) is 10.1 Å². The average Bonchev–Trinajstić information content (AvgIpc) is 2.43. The first-order chi connectivity index (χ1) is 7.02. The number of hydrogen-bond donors (Lipinski definition) is 1. The van der Waals surface area contributed by atoms with Crippen LogP contribution in [0, 0.1) is 0 Å². The molecule has 0 aliphatic rings. The van der Waals surface area contributed by atoms with Crippen LogP contribution in [0.15, 0.2) is 11.1 Å². The Morgan fingerprint density at radius 2 is 2.13 bits per heavy atom. The van der Waals surface area contributed by atoms with Crippen molar-refractivity contribution in [2.45, 2.75) is 19.9 Å². The quantitative estimate of drug-likeness (QED) is 0.729. The number of nitrogens with two attached hydrogens (primary N) is 1. The van der Waals surface area contributed by atoms with Crippen molar-refractivity contribution >= 4 is 16.9 Å². The number of rotatable bonds is 1. The van der Waals surface area contributed by atoms with E-state index in [0.717, 1.165) is 0 Å². The molecule has 2 N–H and O–H groups in total. The van der Waals surface area contributed by atoms with Crippen molar-refractivity contribution in [1.82, 2.24) is 19.3 Å². The van der Waals surface area contributed by atoms with Gasteiger partial charge in [0, 0.05) is 13.1 Å². The van der Waals surface area contributed by atoms with Gasteiger partial charge in [0.15, 0.2) is 11.5 Å². The minimum Gasteiger partial charge on any atom is -0.381 e. The van der Waals surface area contributed by atoms with E-state index in [0.29, 0.717) is 11.0 Å². The standard InChI is InChI=1S/C9H13N5O/c1-5(2)14-4-11-8-6(9(14)15)7(10)12-13(8)3/h4-5H,1-3H3,(H2,10,12). The zero-order valence-electron chi connectivity index (χ0n) is 8.93. The third-order valence-electron chi connectivity index (χ3n) is 2.35. The van der Waals surface area contributed by atoms with Gasteiger partial charge in [-0.15, -0.1) is 0 Å². The van der Waals surface area contributed by atoms with Crippen LogP contribution in [-0.4, -0.2) is 19.3 Å². The van der Waals surface area contributed by atoms with Gasteiger partial charge in [0.1, 0.15) is 11.7 Å². The Kier molecular flexibility index (Phi) is 1.99. The molecule has 6 nitrogen and oxygen atoms in total. The molecule has 0 saturated heterocycles. The first-order valence-electron chi connectivity index (χ1n) is 4.71. The number of aryl methyl sites for hydroxylation is 1. The molecule has 2 heterocycles. The number of anilines is 1. The lowest BCUT2D eigenvalue weighted by molar-refractivity contribution is 0.572. The maximum absolute atomic E-state index is 12.0. The Balaban J connectivity index is 2.90. The molecule has 0 spiro atoms. The molecule has 0 amide bonds. The summed E-state index contributed by atoms with van der Waals surface area (Å²) in [7, 11) is 1.71. The minimum atomic E-state index is -0.138. The lowest BCUT2D eigenvalue weighted by Gasteiger charge is -2.08. The summed E-state index contributed by atoms with van der Waals surface area (Å²) in [5.74, 6) is 0.236. The topological polar surface area (TPSA) is 78.7 Å². The molecule has 2 aromatic heterocycles. The predicted molar refractivity (Wildman–Crippen MR) is 57.6 cm³/mol. The van der Waals surface area contributed by atoms with E-state index in [9.17, 15) is 4.79 Å². The lowest BCUT2D eigenvalue weighted by atomic mass is 10.3. The van der Waals surface area contributed by atoms with Crippen LogP contribution in [0.1, 0.15) is 19.9 Å². The maximum Gasteiger partial charge on any atom is 0.266 e. The fourth-order valence-corrected chi connectivity index (χ4v) is 1.55. The number of fused-ring (bicyclic) bond motifs is 1. The second-order valence-electron chi connectivity index (χ2n) is 3.76. The summed E-state index contributed by atoms with van der Waals surface area (Å²) in [6.07, 6.45) is 1.52. The van der Waals surface area contributed by atoms with Crippen LogP contribution in [0.2, 0.25) is 0 Å². The number of aromatic nitrogens is 4. The third kappa shape index (κ3) is 1.29. The second-order valence-corrected chi connectivity index (χ2v) is 3.76. The fourth-order valence-electron chi connectivity index (χ4n) is 1.55. The summed E-state index contributed by atoms with van der Waals surface area (Å²) in [6, 6.07) is 0.0639. The highest BCUT2D eigenvalue weighted by Crippen LogP contribution is 2.13. The summed E-state index contributed by atoms with van der Waals surface area (Å²) in [5, 5.41) is 4.37. The van der Waals surface area contributed by atoms with E-state index in [-0.39, 0.29) is 17.4 Å². The largest absolute Gasteiger partial charge is 0.381 e. The van der Waals surface area contributed by atoms with Crippen LogP contribution in [0.3, 0.4) is 0 Å². The zero-order valence-corrected chi connectivity index (χ0v) is 8.93. The van der Waals surface area contributed by atoms with Crippen LogP contribution in [-0.2, 0) is 7.05 Å². The molecule has 0 aliphatic heterocycles. The lowest BCUT2D eigenvalue weighted by Crippen LogP contribution is -2.22. The van der Waals surface area contributed by atoms with Gasteiger partial charge in [-0.2, -0.15) is 5.10 Å². The van der Waals surface area contributed by atoms with Crippen LogP contribution < -0.4 is 11.3 Å². The summed E-state index contributed by atoms with van der Waals surface area (Å²) in [6.45, 7) is 3.84. The van der Waals surface area contributed by atoms with Gasteiger partial charge >= 0.3 is 0 Å². The molecule has 0 atom stereocenters. The molecule has 15 heavy (non-hydrogen) atoms. The third-order valence-corrected chi connectivity index (χ3v) is 2.35. The molecule has 0 fully saturated rings. The van der Waals surface area contributed by atoms with Crippen molar-refractivity contribution in [1.29, 1.82) is 0 Å². The van der Waals surface area contributed by atoms with Gasteiger partial charge in [-0.3, -0.25) is 9.36 Å². The Morgan fingerprint density at radius 3 is 2.73 bits per heavy atom. The highest BCUT2D eigenvalue weighted by Gasteiger charge is 2.13. The number of nitrogens with zero attached hydrogens (tertiary/aromatic N) is 4. The maximum atomic E-state index is 12.0. The van der Waals surface area contributed by atoms with Crippen molar-refractivity contribution < 1.29 is 0 Å². The molecule has 0 aromatic carbocycles. The Labute approximate surface area is 86.3 Å². The van der Waals surface area contributed by atoms with E-state index in [1.54, 1.807) is 11.6 Å². The van der Waals surface area contributed by atoms with Gasteiger partial charge in [-0.1, -0.05) is 0 Å². The molecule has 0 bridgehead atoms. The summed E-state index contributed by atoms with van der Waals surface area (Å²) in [5.41, 5.74) is 6.05. The Morgan fingerprint density at radius 1 is 1.47 bits per heavy atom. The van der Waals surface area contributed by atoms with Crippen molar-refractivity contribution in [2.75, 3.05) is 5.73 Å². The smallest absolute Gasteiger partial charge is 0.266 e. The first kappa shape index (κ1) is 9.70. The van der Waals surface area contributed by atoms with Gasteiger partial charge in [-0.05, 0) is 13.8 Å². The van der Waals surface area contributed by atoms with Gasteiger partial charge in [0.25, 0.3) is 5.56 Å². The predicted octanol–water partition coefficient (Wildman–Crippen LogP) is 0.293. The van der Waals surface area contributed by atoms with Crippen molar-refractivity contribution in [3.63, 3.8) is 0 Å². The molecule has 0 radical (unpaired) electrons. The SMILES string of the molecule is CC(C)n1cnc2c(c(N)nn2C)c1=O. The van der Waals surface area contributed by atoms with Crippen molar-refractivity contribution in [2.24, 2.45) is 7.05 Å². The molecule has 0 aliphatic carbocycles. The normalized spacial score (nSPS) is 11.5. The Bertz CT molecular complexity index is 566.